The van der Waals surface area contributed by atoms with Gasteiger partial charge in [0.1, 0.15) is 146 Å². The zero-order valence-electron chi connectivity index (χ0n) is 73.5. The number of rotatable bonds is 59. The van der Waals surface area contributed by atoms with Crippen molar-refractivity contribution >= 4 is 35.6 Å². The van der Waals surface area contributed by atoms with Crippen LogP contribution in [0.15, 0.2) is 12.2 Å². The molecule has 0 spiro atoms. The van der Waals surface area contributed by atoms with Gasteiger partial charge in [-0.15, -0.1) is 0 Å². The molecule has 4 amide bonds. The fourth-order valence-corrected chi connectivity index (χ4v) is 16.9. The molecule has 0 bridgehead atoms. The molecule has 32 unspecified atom stereocenters. The molecule has 43 heteroatoms. The predicted molar refractivity (Wildman–Crippen MR) is 435 cm³/mol. The van der Waals surface area contributed by atoms with Crippen molar-refractivity contribution in [2.75, 3.05) is 46.2 Å². The summed E-state index contributed by atoms with van der Waals surface area (Å²) in [6.07, 6.45) is -33.2. The molecule has 6 fully saturated rings. The van der Waals surface area contributed by atoms with Gasteiger partial charge >= 0.3 is 0 Å². The van der Waals surface area contributed by atoms with Gasteiger partial charge in [-0.05, 0) is 19.3 Å². The van der Waals surface area contributed by atoms with E-state index in [4.69, 9.17) is 56.8 Å². The predicted octanol–water partition coefficient (Wildman–Crippen LogP) is -6.54. The number of aliphatic hydroxyl groups excluding tert-OH is 19. The van der Waals surface area contributed by atoms with Crippen molar-refractivity contribution in [3.63, 3.8) is 0 Å². The van der Waals surface area contributed by atoms with Crippen LogP contribution >= 0.6 is 0 Å². The second-order valence-electron chi connectivity index (χ2n) is 34.2. The lowest BCUT2D eigenvalue weighted by Gasteiger charge is -2.54. The van der Waals surface area contributed by atoms with Gasteiger partial charge in [-0.2, -0.15) is 0 Å². The van der Waals surface area contributed by atoms with Crippen LogP contribution in [0.25, 0.3) is 0 Å². The fraction of sp³-hybridized carbons (Fsp3) is 0.905. The smallest absolute Gasteiger partial charge is 0.220 e. The molecule has 34 atom stereocenters. The van der Waals surface area contributed by atoms with Crippen LogP contribution in [-0.2, 0) is 85.6 Å². The summed E-state index contributed by atoms with van der Waals surface area (Å²) in [5.74, 6) is -15.3. The minimum absolute atomic E-state index is 0.0907. The fourth-order valence-electron chi connectivity index (χ4n) is 16.9. The number of ether oxygens (including phenoxy) is 12. The maximum Gasteiger partial charge on any atom is 0.220 e. The van der Waals surface area contributed by atoms with Crippen LogP contribution in [0.3, 0.4) is 0 Å². The highest BCUT2D eigenvalue weighted by Gasteiger charge is 2.62. The van der Waals surface area contributed by atoms with E-state index in [0.29, 0.717) is 12.8 Å². The molecule has 6 heterocycles. The van der Waals surface area contributed by atoms with Crippen LogP contribution in [0.1, 0.15) is 227 Å². The molecule has 0 aromatic rings. The number of amides is 4. The molecule has 0 radical (unpaired) electrons. The molecule has 6 aliphatic heterocycles. The molecule has 43 nitrogen and oxygen atoms in total. The Balaban J connectivity index is 1.30. The monoisotopic (exact) mass is 1830 g/mol. The molecule has 6 aliphatic rings. The lowest BCUT2D eigenvalue weighted by atomic mass is 9.88. The Labute approximate surface area is 740 Å². The number of carboxylic acid groups (broad SMARTS) is 2. The lowest BCUT2D eigenvalue weighted by Crippen LogP contribution is -2.73. The van der Waals surface area contributed by atoms with Crippen molar-refractivity contribution < 1.29 is 193 Å². The van der Waals surface area contributed by atoms with Gasteiger partial charge in [0.15, 0.2) is 25.2 Å². The molecule has 738 valence electrons. The highest BCUT2D eigenvalue weighted by molar-refractivity contribution is 5.77. The van der Waals surface area contributed by atoms with Gasteiger partial charge < -0.3 is 195 Å². The maximum absolute atomic E-state index is 13.9. The van der Waals surface area contributed by atoms with Crippen molar-refractivity contribution in [1.29, 1.82) is 0 Å². The van der Waals surface area contributed by atoms with E-state index in [9.17, 15) is 136 Å². The number of unbranched alkanes of at least 4 members (excludes halogenated alkanes) is 25. The normalized spacial score (nSPS) is 35.1. The van der Waals surface area contributed by atoms with Crippen molar-refractivity contribution in [3.8, 4) is 0 Å². The quantitative estimate of drug-likeness (QED) is 0.0199. The Bertz CT molecular complexity index is 3200. The molecule has 0 aliphatic carbocycles. The molecule has 0 saturated carbocycles. The number of aliphatic hydroxyl groups is 19. The number of hydrogen-bond donors (Lipinski definition) is 23. The number of allylic oxidation sites excluding steroid dienone is 1. The summed E-state index contributed by atoms with van der Waals surface area (Å²) in [7, 11) is 0. The van der Waals surface area contributed by atoms with Crippen LogP contribution in [-0.4, -0.2) is 386 Å². The first-order valence-corrected chi connectivity index (χ1v) is 45.2. The summed E-state index contributed by atoms with van der Waals surface area (Å²) in [6.45, 7) is -0.992. The van der Waals surface area contributed by atoms with E-state index >= 15 is 0 Å². The zero-order valence-corrected chi connectivity index (χ0v) is 73.5. The van der Waals surface area contributed by atoms with Crippen LogP contribution in [0.4, 0.5) is 0 Å². The second-order valence-corrected chi connectivity index (χ2v) is 34.2. The zero-order chi connectivity index (χ0) is 93.8. The van der Waals surface area contributed by atoms with Gasteiger partial charge in [0.05, 0.1) is 82.7 Å². The molecule has 127 heavy (non-hydrogen) atoms. The SMILES string of the molecule is CCCCCCCCCCCCC/C=C/[C@@H](O)[C@H](COC1OC(CO)C(OC2OC(CO)C(OC3OC(CO)C(O)C(OC4OC(CO)C(O)C(OC5(C(=O)[O-])CC(O)C(NC(C)=O)C(C(O)C(O)CO)O5)C4O)C3NC(C)=O)C(OC3(C(=O)[O-])CC(O)C(NC(C)=O)C(C(O)C(O)CO)O3)C2O)C(O)C1O)NC(=O)CCCCCCCCCCCCCCCCC. The Morgan fingerprint density at radius 3 is 1.20 bits per heavy atom. The highest BCUT2D eigenvalue weighted by Crippen LogP contribution is 2.43. The first kappa shape index (κ1) is 111. The minimum atomic E-state index is -3.61. The van der Waals surface area contributed by atoms with Gasteiger partial charge in [0.2, 0.25) is 35.2 Å². The second kappa shape index (κ2) is 56.5. The van der Waals surface area contributed by atoms with E-state index in [0.717, 1.165) is 85.0 Å². The molecule has 23 N–H and O–H groups in total. The Kier molecular flexibility index (Phi) is 49.4. The largest absolute Gasteiger partial charge is 0.544 e. The third-order valence-corrected chi connectivity index (χ3v) is 24.0. The summed E-state index contributed by atoms with van der Waals surface area (Å²) < 4.78 is 72.0. The first-order valence-electron chi connectivity index (χ1n) is 45.2. The first-order chi connectivity index (χ1) is 60.6. The van der Waals surface area contributed by atoms with Crippen molar-refractivity contribution in [2.45, 2.75) is 435 Å². The minimum Gasteiger partial charge on any atom is -0.544 e. The number of carboxylic acids is 2. The molecule has 0 aromatic heterocycles. The van der Waals surface area contributed by atoms with Crippen molar-refractivity contribution in [3.05, 3.63) is 12.2 Å². The third kappa shape index (κ3) is 32.6. The van der Waals surface area contributed by atoms with Gasteiger partial charge in [-0.3, -0.25) is 19.2 Å². The molecule has 6 rings (SSSR count). The van der Waals surface area contributed by atoms with E-state index in [2.05, 4.69) is 35.1 Å². The number of nitrogens with one attached hydrogen (secondary N) is 4. The Morgan fingerprint density at radius 1 is 0.417 bits per heavy atom. The standard InChI is InChI=1S/C84H148N4O39/c1-6-8-10-12-14-16-18-20-21-23-25-27-29-31-33-35-58(103)88-48(49(98)34-32-30-28-26-24-22-19-17-15-13-11-9-7-2)44-116-78-67(109)66(108)70(56(42-93)119-78)121-80-69(111)76(127-84(82(114)115)37-51(100)60(86-46(4)96)74(125-84)63(105)53(102)39-90)71(57(43-94)120-80)122-77-61(87-47(5)97)72(64(106)54(40-91)117-77)123-79-68(110)75(65(107)55(41-92)118-79)126-83(81(112)113)36-50(99)59(85-45(3)95)73(124-83)62(104)52(101)38-89/h32,34,48-57,59-80,89-94,98-102,104-111H,6-31,33,35-44H2,1-5H3,(H,85,95)(H,86,96)(H,87,97)(H,88,103)(H,112,113)(H,114,115)/p-2/b34-32+/t48-,49+,50?,51?,52?,53?,54?,55?,56?,57?,59?,60?,61?,62?,63?,64?,65?,66?,67?,68?,69?,70?,71?,72?,73?,74?,75?,76?,77?,78?,79?,80?,83?,84?/m0/s1. The summed E-state index contributed by atoms with van der Waals surface area (Å²) in [5.41, 5.74) is 0. The van der Waals surface area contributed by atoms with Crippen LogP contribution in [0, 0.1) is 0 Å². The van der Waals surface area contributed by atoms with Gasteiger partial charge in [0.25, 0.3) is 0 Å². The van der Waals surface area contributed by atoms with E-state index in [-0.39, 0.29) is 6.42 Å². The van der Waals surface area contributed by atoms with Crippen LogP contribution < -0.4 is 31.5 Å². The third-order valence-electron chi connectivity index (χ3n) is 24.0. The number of carbonyl (C=O) groups is 6. The Hall–Kier alpha value is -4.68. The van der Waals surface area contributed by atoms with E-state index in [1.807, 2.05) is 0 Å². The highest BCUT2D eigenvalue weighted by atomic mass is 16.8. The van der Waals surface area contributed by atoms with Gasteiger partial charge in [-0.1, -0.05) is 180 Å². The summed E-state index contributed by atoms with van der Waals surface area (Å²) in [4.78, 5) is 79.3. The van der Waals surface area contributed by atoms with Crippen molar-refractivity contribution in [2.24, 2.45) is 0 Å². The van der Waals surface area contributed by atoms with Crippen LogP contribution in [0.2, 0.25) is 0 Å². The molecular weight excluding hydrogens is 1690 g/mol. The van der Waals surface area contributed by atoms with E-state index < -0.39 is 302 Å². The van der Waals surface area contributed by atoms with E-state index in [1.165, 1.54) is 102 Å². The summed E-state index contributed by atoms with van der Waals surface area (Å²) in [5, 5.41) is 252. The van der Waals surface area contributed by atoms with Gasteiger partial charge in [0, 0.05) is 40.0 Å². The topological polar surface area (TPSA) is 692 Å². The summed E-state index contributed by atoms with van der Waals surface area (Å²) in [6, 6.07) is -7.03. The summed E-state index contributed by atoms with van der Waals surface area (Å²) >= 11 is 0. The van der Waals surface area contributed by atoms with Crippen LogP contribution in [0.5, 0.6) is 0 Å². The van der Waals surface area contributed by atoms with Crippen molar-refractivity contribution in [1.82, 2.24) is 21.3 Å². The number of hydrogen-bond acceptors (Lipinski definition) is 39. The average molecular weight is 1840 g/mol. The van der Waals surface area contributed by atoms with E-state index in [1.54, 1.807) is 6.08 Å². The number of aliphatic carboxylic acids is 2. The molecule has 0 aromatic carbocycles. The molecular formula is C84H146N4O39-2. The number of carbonyl (C=O) groups excluding carboxylic acids is 6. The average Bonchev–Trinajstić information content (AvgIpc) is 0.749. The lowest BCUT2D eigenvalue weighted by molar-refractivity contribution is -0.422. The maximum atomic E-state index is 13.9. The van der Waals surface area contributed by atoms with Gasteiger partial charge in [-0.25, -0.2) is 0 Å². The molecule has 6 saturated heterocycles. The Morgan fingerprint density at radius 2 is 0.780 bits per heavy atom.